The first-order valence-corrected chi connectivity index (χ1v) is 5.37. The molecular weight excluding hydrogens is 224 g/mol. The number of carbonyl (C=O) groups is 2. The minimum atomic E-state index is -0.715. The van der Waals surface area contributed by atoms with Crippen LogP contribution in [-0.4, -0.2) is 16.7 Å². The molecule has 17 heavy (non-hydrogen) atoms. The fourth-order valence-electron chi connectivity index (χ4n) is 1.45. The van der Waals surface area contributed by atoms with E-state index in [0.717, 1.165) is 6.07 Å². The van der Waals surface area contributed by atoms with Crippen molar-refractivity contribution in [3.8, 4) is 5.75 Å². The third-order valence-electron chi connectivity index (χ3n) is 2.10. The van der Waals surface area contributed by atoms with Gasteiger partial charge in [-0.15, -0.1) is 0 Å². The third-order valence-corrected chi connectivity index (χ3v) is 2.10. The van der Waals surface area contributed by atoms with Crippen LogP contribution in [0.1, 0.15) is 31.9 Å². The van der Waals surface area contributed by atoms with Gasteiger partial charge in [0.2, 0.25) is 0 Å². The van der Waals surface area contributed by atoms with Crippen LogP contribution in [0.3, 0.4) is 0 Å². The van der Waals surface area contributed by atoms with Crippen LogP contribution in [0.2, 0.25) is 0 Å². The molecule has 0 fully saturated rings. The van der Waals surface area contributed by atoms with Crippen molar-refractivity contribution < 1.29 is 19.1 Å². The van der Waals surface area contributed by atoms with E-state index in [-0.39, 0.29) is 35.9 Å². The number of rotatable bonds is 6. The van der Waals surface area contributed by atoms with Gasteiger partial charge in [-0.05, 0) is 6.42 Å². The summed E-state index contributed by atoms with van der Waals surface area (Å²) in [5.41, 5.74) is -0.715. The van der Waals surface area contributed by atoms with E-state index >= 15 is 0 Å². The highest BCUT2D eigenvalue weighted by molar-refractivity contribution is 5.99. The van der Waals surface area contributed by atoms with Crippen molar-refractivity contribution in [3.63, 3.8) is 0 Å². The van der Waals surface area contributed by atoms with E-state index in [0.29, 0.717) is 12.8 Å². The van der Waals surface area contributed by atoms with Gasteiger partial charge < -0.3 is 9.52 Å². The molecule has 0 aliphatic heterocycles. The molecular formula is C12H14O5. The Hall–Kier alpha value is -1.91. The Kier molecular flexibility index (Phi) is 4.63. The van der Waals surface area contributed by atoms with E-state index in [1.165, 1.54) is 6.07 Å². The van der Waals surface area contributed by atoms with Crippen LogP contribution in [0.5, 0.6) is 5.75 Å². The molecule has 0 saturated heterocycles. The molecule has 1 aromatic rings. The Balaban J connectivity index is 2.62. The molecule has 0 aliphatic rings. The SMILES string of the molecule is CCCC(=O)CC(=O)Cc1cc(O)cc(=O)o1. The van der Waals surface area contributed by atoms with Gasteiger partial charge in [-0.1, -0.05) is 6.92 Å². The molecule has 1 N–H and O–H groups in total. The Bertz CT molecular complexity index is 472. The van der Waals surface area contributed by atoms with Crippen LogP contribution in [0, 0.1) is 0 Å². The predicted molar refractivity (Wildman–Crippen MR) is 59.9 cm³/mol. The second-order valence-electron chi connectivity index (χ2n) is 3.78. The van der Waals surface area contributed by atoms with Crippen molar-refractivity contribution >= 4 is 11.6 Å². The van der Waals surface area contributed by atoms with Gasteiger partial charge in [0.15, 0.2) is 0 Å². The first-order chi connectivity index (χ1) is 8.01. The largest absolute Gasteiger partial charge is 0.508 e. The molecule has 5 heteroatoms. The van der Waals surface area contributed by atoms with Crippen molar-refractivity contribution in [2.24, 2.45) is 0 Å². The lowest BCUT2D eigenvalue weighted by Gasteiger charge is -2.00. The molecule has 0 saturated carbocycles. The van der Waals surface area contributed by atoms with Crippen molar-refractivity contribution in [1.29, 1.82) is 0 Å². The Morgan fingerprint density at radius 3 is 2.59 bits per heavy atom. The monoisotopic (exact) mass is 238 g/mol. The summed E-state index contributed by atoms with van der Waals surface area (Å²) in [6.07, 6.45) is 0.759. The van der Waals surface area contributed by atoms with Gasteiger partial charge >= 0.3 is 5.63 Å². The minimum absolute atomic E-state index is 0.0734. The smallest absolute Gasteiger partial charge is 0.339 e. The number of carbonyl (C=O) groups excluding carboxylic acids is 2. The molecule has 1 heterocycles. The molecule has 92 valence electrons. The average Bonchev–Trinajstić information content (AvgIpc) is 2.14. The van der Waals surface area contributed by atoms with E-state index < -0.39 is 5.63 Å². The third kappa shape index (κ3) is 4.63. The zero-order valence-corrected chi connectivity index (χ0v) is 9.56. The van der Waals surface area contributed by atoms with Gasteiger partial charge in [0.05, 0.1) is 18.9 Å². The van der Waals surface area contributed by atoms with Crippen molar-refractivity contribution in [2.75, 3.05) is 0 Å². The molecule has 0 unspecified atom stereocenters. The first kappa shape index (κ1) is 13.2. The highest BCUT2D eigenvalue weighted by Crippen LogP contribution is 2.09. The molecule has 1 rings (SSSR count). The highest BCUT2D eigenvalue weighted by Gasteiger charge is 2.12. The Morgan fingerprint density at radius 1 is 1.29 bits per heavy atom. The van der Waals surface area contributed by atoms with Crippen molar-refractivity contribution in [1.82, 2.24) is 0 Å². The van der Waals surface area contributed by atoms with E-state index in [1.54, 1.807) is 0 Å². The van der Waals surface area contributed by atoms with Gasteiger partial charge in [0.1, 0.15) is 23.1 Å². The van der Waals surface area contributed by atoms with Gasteiger partial charge in [-0.25, -0.2) is 4.79 Å². The van der Waals surface area contributed by atoms with Crippen molar-refractivity contribution in [2.45, 2.75) is 32.6 Å². The van der Waals surface area contributed by atoms with E-state index in [9.17, 15) is 14.4 Å². The fourth-order valence-corrected chi connectivity index (χ4v) is 1.45. The van der Waals surface area contributed by atoms with Gasteiger partial charge in [0.25, 0.3) is 0 Å². The molecule has 0 aromatic carbocycles. The van der Waals surface area contributed by atoms with Gasteiger partial charge in [0, 0.05) is 12.5 Å². The maximum absolute atomic E-state index is 11.5. The maximum Gasteiger partial charge on any atom is 0.339 e. The summed E-state index contributed by atoms with van der Waals surface area (Å²) in [6.45, 7) is 1.86. The van der Waals surface area contributed by atoms with Crippen LogP contribution in [0.4, 0.5) is 0 Å². The van der Waals surface area contributed by atoms with Crippen LogP contribution < -0.4 is 5.63 Å². The second kappa shape index (κ2) is 5.98. The lowest BCUT2D eigenvalue weighted by atomic mass is 10.1. The van der Waals surface area contributed by atoms with Crippen LogP contribution >= 0.6 is 0 Å². The summed E-state index contributed by atoms with van der Waals surface area (Å²) in [5, 5.41) is 9.13. The molecule has 0 spiro atoms. The Labute approximate surface area is 98.1 Å². The lowest BCUT2D eigenvalue weighted by Crippen LogP contribution is -2.11. The van der Waals surface area contributed by atoms with E-state index in [4.69, 9.17) is 9.52 Å². The van der Waals surface area contributed by atoms with E-state index in [1.807, 2.05) is 6.92 Å². The van der Waals surface area contributed by atoms with Gasteiger partial charge in [-0.2, -0.15) is 0 Å². The Morgan fingerprint density at radius 2 is 2.00 bits per heavy atom. The highest BCUT2D eigenvalue weighted by atomic mass is 16.4. The normalized spacial score (nSPS) is 10.2. The molecule has 1 aromatic heterocycles. The van der Waals surface area contributed by atoms with Crippen molar-refractivity contribution in [3.05, 3.63) is 28.3 Å². The molecule has 0 atom stereocenters. The van der Waals surface area contributed by atoms with E-state index in [2.05, 4.69) is 0 Å². The molecule has 0 bridgehead atoms. The zero-order chi connectivity index (χ0) is 12.8. The number of hydrogen-bond donors (Lipinski definition) is 1. The number of ketones is 2. The zero-order valence-electron chi connectivity index (χ0n) is 9.56. The quantitative estimate of drug-likeness (QED) is 0.753. The first-order valence-electron chi connectivity index (χ1n) is 5.37. The molecule has 0 amide bonds. The number of Topliss-reactive ketones (excluding diaryl/α,β-unsaturated/α-hetero) is 2. The van der Waals surface area contributed by atoms with Crippen LogP contribution in [-0.2, 0) is 16.0 Å². The minimum Gasteiger partial charge on any atom is -0.508 e. The molecule has 0 aliphatic carbocycles. The standard InChI is InChI=1S/C12H14O5/c1-2-3-8(13)4-9(14)5-11-6-10(15)7-12(16)17-11/h6-7,15H,2-5H2,1H3. The lowest BCUT2D eigenvalue weighted by molar-refractivity contribution is -0.126. The summed E-state index contributed by atoms with van der Waals surface area (Å²) >= 11 is 0. The summed E-state index contributed by atoms with van der Waals surface area (Å²) in [6, 6.07) is 2.11. The maximum atomic E-state index is 11.5. The summed E-state index contributed by atoms with van der Waals surface area (Å²) < 4.78 is 4.72. The topological polar surface area (TPSA) is 84.6 Å². The summed E-state index contributed by atoms with van der Waals surface area (Å²) in [4.78, 5) is 33.6. The summed E-state index contributed by atoms with van der Waals surface area (Å²) in [7, 11) is 0. The van der Waals surface area contributed by atoms with Gasteiger partial charge in [-0.3, -0.25) is 9.59 Å². The number of aromatic hydroxyl groups is 1. The number of hydrogen-bond acceptors (Lipinski definition) is 5. The van der Waals surface area contributed by atoms with Crippen LogP contribution in [0.25, 0.3) is 0 Å². The predicted octanol–water partition coefficient (Wildman–Crippen LogP) is 1.22. The fraction of sp³-hybridized carbons (Fsp3) is 0.417. The van der Waals surface area contributed by atoms with Crippen LogP contribution in [0.15, 0.2) is 21.3 Å². The average molecular weight is 238 g/mol. The molecule has 5 nitrogen and oxygen atoms in total. The summed E-state index contributed by atoms with van der Waals surface area (Å²) in [5.74, 6) is -0.620. The molecule has 0 radical (unpaired) electrons. The second-order valence-corrected chi connectivity index (χ2v) is 3.78.